The van der Waals surface area contributed by atoms with Crippen LogP contribution in [0.3, 0.4) is 0 Å². The number of nitrogens with zero attached hydrogens (tertiary/aromatic N) is 2. The van der Waals surface area contributed by atoms with Gasteiger partial charge < -0.3 is 19.8 Å². The number of aryl methyl sites for hydroxylation is 1. The molecule has 0 saturated carbocycles. The predicted octanol–water partition coefficient (Wildman–Crippen LogP) is 2.07. The van der Waals surface area contributed by atoms with Crippen molar-refractivity contribution in [3.8, 4) is 5.75 Å². The maximum Gasteiger partial charge on any atom is 0.121 e. The molecule has 1 aromatic heterocycles. The van der Waals surface area contributed by atoms with Gasteiger partial charge in [-0.2, -0.15) is 0 Å². The zero-order valence-corrected chi connectivity index (χ0v) is 12.9. The third-order valence-corrected chi connectivity index (χ3v) is 4.43. The number of aromatic nitrogens is 2. The Balaban J connectivity index is 2.18. The molecule has 2 atom stereocenters. The number of hydrogen-bond acceptors (Lipinski definition) is 4. The minimum atomic E-state index is -0.235. The topological polar surface area (TPSA) is 62.3 Å². The molecule has 2 N–H and O–H groups in total. The van der Waals surface area contributed by atoms with E-state index in [1.165, 1.54) is 0 Å². The SMILES string of the molecule is CCCn1c(C2(C)COCC2N)nc2cc(OC)ccc21. The molecule has 0 amide bonds. The molecule has 5 nitrogen and oxygen atoms in total. The van der Waals surface area contributed by atoms with Gasteiger partial charge in [-0.05, 0) is 25.5 Å². The van der Waals surface area contributed by atoms with Gasteiger partial charge in [0.05, 0.1) is 36.8 Å². The van der Waals surface area contributed by atoms with E-state index < -0.39 is 0 Å². The molecule has 2 aromatic rings. The van der Waals surface area contributed by atoms with Crippen molar-refractivity contribution in [2.45, 2.75) is 38.3 Å². The summed E-state index contributed by atoms with van der Waals surface area (Å²) < 4.78 is 13.2. The standard InChI is InChI=1S/C16H23N3O2/c1-4-7-19-13-6-5-11(20-3)8-12(13)18-15(19)16(2)10-21-9-14(16)17/h5-6,8,14H,4,7,9-10,17H2,1-3H3. The molecule has 0 aliphatic carbocycles. The number of ether oxygens (including phenoxy) is 2. The summed E-state index contributed by atoms with van der Waals surface area (Å²) in [5.74, 6) is 1.85. The van der Waals surface area contributed by atoms with E-state index in [0.717, 1.165) is 35.6 Å². The van der Waals surface area contributed by atoms with Gasteiger partial charge in [0, 0.05) is 18.7 Å². The Morgan fingerprint density at radius 1 is 1.52 bits per heavy atom. The number of methoxy groups -OCH3 is 1. The fourth-order valence-electron chi connectivity index (χ4n) is 3.04. The van der Waals surface area contributed by atoms with Crippen LogP contribution in [0.2, 0.25) is 0 Å². The van der Waals surface area contributed by atoms with Crippen LogP contribution in [-0.4, -0.2) is 35.9 Å². The van der Waals surface area contributed by atoms with Crippen molar-refractivity contribution < 1.29 is 9.47 Å². The molecule has 3 rings (SSSR count). The highest BCUT2D eigenvalue weighted by atomic mass is 16.5. The number of fused-ring (bicyclic) bond motifs is 1. The van der Waals surface area contributed by atoms with Crippen LogP contribution in [0.15, 0.2) is 18.2 Å². The number of benzene rings is 1. The zero-order chi connectivity index (χ0) is 15.0. The molecule has 1 aliphatic rings. The van der Waals surface area contributed by atoms with E-state index in [9.17, 15) is 0 Å². The van der Waals surface area contributed by atoms with Crippen LogP contribution in [0, 0.1) is 0 Å². The Labute approximate surface area is 125 Å². The van der Waals surface area contributed by atoms with Gasteiger partial charge in [0.15, 0.2) is 0 Å². The van der Waals surface area contributed by atoms with Crippen molar-refractivity contribution in [3.05, 3.63) is 24.0 Å². The first-order valence-electron chi connectivity index (χ1n) is 7.48. The minimum absolute atomic E-state index is 0.0215. The molecule has 1 saturated heterocycles. The minimum Gasteiger partial charge on any atom is -0.497 e. The summed E-state index contributed by atoms with van der Waals surface area (Å²) in [4.78, 5) is 4.87. The van der Waals surface area contributed by atoms with Crippen LogP contribution in [-0.2, 0) is 16.7 Å². The largest absolute Gasteiger partial charge is 0.497 e. The van der Waals surface area contributed by atoms with Gasteiger partial charge in [-0.1, -0.05) is 6.92 Å². The molecule has 0 radical (unpaired) electrons. The Morgan fingerprint density at radius 3 is 2.95 bits per heavy atom. The highest BCUT2D eigenvalue weighted by molar-refractivity contribution is 5.78. The van der Waals surface area contributed by atoms with Crippen molar-refractivity contribution in [1.29, 1.82) is 0 Å². The first kappa shape index (κ1) is 14.4. The molecule has 0 bridgehead atoms. The summed E-state index contributed by atoms with van der Waals surface area (Å²) >= 11 is 0. The van der Waals surface area contributed by atoms with Crippen LogP contribution >= 0.6 is 0 Å². The van der Waals surface area contributed by atoms with Crippen molar-refractivity contribution in [2.75, 3.05) is 20.3 Å². The molecule has 2 unspecified atom stereocenters. The van der Waals surface area contributed by atoms with E-state index in [4.69, 9.17) is 20.2 Å². The highest BCUT2D eigenvalue weighted by Gasteiger charge is 2.43. The first-order chi connectivity index (χ1) is 10.1. The predicted molar refractivity (Wildman–Crippen MR) is 82.7 cm³/mol. The van der Waals surface area contributed by atoms with Gasteiger partial charge in [0.1, 0.15) is 11.6 Å². The van der Waals surface area contributed by atoms with Crippen LogP contribution in [0.1, 0.15) is 26.1 Å². The second-order valence-corrected chi connectivity index (χ2v) is 5.98. The highest BCUT2D eigenvalue weighted by Crippen LogP contribution is 2.34. The molecule has 1 aliphatic heterocycles. The lowest BCUT2D eigenvalue weighted by Crippen LogP contribution is -2.43. The fourth-order valence-corrected chi connectivity index (χ4v) is 3.04. The van der Waals surface area contributed by atoms with Gasteiger partial charge in [0.25, 0.3) is 0 Å². The van der Waals surface area contributed by atoms with Gasteiger partial charge in [-0.3, -0.25) is 0 Å². The third-order valence-electron chi connectivity index (χ3n) is 4.43. The van der Waals surface area contributed by atoms with Crippen LogP contribution < -0.4 is 10.5 Å². The average molecular weight is 289 g/mol. The lowest BCUT2D eigenvalue weighted by atomic mass is 9.85. The van der Waals surface area contributed by atoms with Gasteiger partial charge in [-0.25, -0.2) is 4.98 Å². The first-order valence-corrected chi connectivity index (χ1v) is 7.48. The smallest absolute Gasteiger partial charge is 0.121 e. The van der Waals surface area contributed by atoms with Crippen LogP contribution in [0.4, 0.5) is 0 Å². The summed E-state index contributed by atoms with van der Waals surface area (Å²) in [5, 5.41) is 0. The average Bonchev–Trinajstić information content (AvgIpc) is 3.01. The maximum atomic E-state index is 6.29. The number of rotatable bonds is 4. The van der Waals surface area contributed by atoms with E-state index >= 15 is 0 Å². The molecule has 1 aromatic carbocycles. The summed E-state index contributed by atoms with van der Waals surface area (Å²) in [6.07, 6.45) is 1.05. The molecule has 2 heterocycles. The third kappa shape index (κ3) is 2.21. The second-order valence-electron chi connectivity index (χ2n) is 5.98. The lowest BCUT2D eigenvalue weighted by molar-refractivity contribution is 0.177. The van der Waals surface area contributed by atoms with Crippen LogP contribution in [0.5, 0.6) is 5.75 Å². The van der Waals surface area contributed by atoms with E-state index in [-0.39, 0.29) is 11.5 Å². The van der Waals surface area contributed by atoms with E-state index in [0.29, 0.717) is 13.2 Å². The second kappa shape index (κ2) is 5.31. The van der Waals surface area contributed by atoms with Crippen molar-refractivity contribution in [1.82, 2.24) is 9.55 Å². The van der Waals surface area contributed by atoms with Gasteiger partial charge >= 0.3 is 0 Å². The molecular weight excluding hydrogens is 266 g/mol. The normalized spacial score (nSPS) is 25.6. The quantitative estimate of drug-likeness (QED) is 0.936. The Hall–Kier alpha value is -1.59. The molecule has 5 heteroatoms. The van der Waals surface area contributed by atoms with E-state index in [1.54, 1.807) is 7.11 Å². The summed E-state index contributed by atoms with van der Waals surface area (Å²) in [7, 11) is 1.67. The molecule has 0 spiro atoms. The number of hydrogen-bond donors (Lipinski definition) is 1. The van der Waals surface area contributed by atoms with Crippen molar-refractivity contribution in [2.24, 2.45) is 5.73 Å². The Kier molecular flexibility index (Phi) is 3.63. The summed E-state index contributed by atoms with van der Waals surface area (Å²) in [6, 6.07) is 6.01. The fraction of sp³-hybridized carbons (Fsp3) is 0.562. The monoisotopic (exact) mass is 289 g/mol. The molecule has 114 valence electrons. The molecular formula is C16H23N3O2. The maximum absolute atomic E-state index is 6.29. The van der Waals surface area contributed by atoms with Gasteiger partial charge in [0.2, 0.25) is 0 Å². The zero-order valence-electron chi connectivity index (χ0n) is 12.9. The summed E-state index contributed by atoms with van der Waals surface area (Å²) in [6.45, 7) is 6.47. The van der Waals surface area contributed by atoms with E-state index in [2.05, 4.69) is 24.5 Å². The summed E-state index contributed by atoms with van der Waals surface area (Å²) in [5.41, 5.74) is 8.14. The van der Waals surface area contributed by atoms with Crippen LogP contribution in [0.25, 0.3) is 11.0 Å². The van der Waals surface area contributed by atoms with E-state index in [1.807, 2.05) is 12.1 Å². The Bertz CT molecular complexity index is 652. The Morgan fingerprint density at radius 2 is 2.33 bits per heavy atom. The number of nitrogens with two attached hydrogens (primary N) is 1. The number of imidazole rings is 1. The lowest BCUT2D eigenvalue weighted by Gasteiger charge is -2.27. The molecule has 21 heavy (non-hydrogen) atoms. The van der Waals surface area contributed by atoms with Crippen molar-refractivity contribution in [3.63, 3.8) is 0 Å². The molecule has 1 fully saturated rings. The van der Waals surface area contributed by atoms with Gasteiger partial charge in [-0.15, -0.1) is 0 Å². The van der Waals surface area contributed by atoms with Crippen molar-refractivity contribution >= 4 is 11.0 Å².